The van der Waals surface area contributed by atoms with Gasteiger partial charge in [-0.3, -0.25) is 0 Å². The minimum Gasteiger partial charge on any atom is -0.219 e. The lowest BCUT2D eigenvalue weighted by Crippen LogP contribution is -1.99. The zero-order valence-electron chi connectivity index (χ0n) is 17.0. The Morgan fingerprint density at radius 3 is 1.93 bits per heavy atom. The van der Waals surface area contributed by atoms with Gasteiger partial charge in [0.2, 0.25) is 0 Å². The third-order valence-corrected chi connectivity index (χ3v) is 4.71. The van der Waals surface area contributed by atoms with Gasteiger partial charge in [-0.1, -0.05) is 104 Å². The van der Waals surface area contributed by atoms with Crippen molar-refractivity contribution in [3.05, 3.63) is 108 Å². The summed E-state index contributed by atoms with van der Waals surface area (Å²) >= 11 is 0. The van der Waals surface area contributed by atoms with Crippen LogP contribution in [-0.2, 0) is 6.42 Å². The van der Waals surface area contributed by atoms with Crippen LogP contribution in [0.5, 0.6) is 0 Å². The first-order valence-corrected chi connectivity index (χ1v) is 10.2. The van der Waals surface area contributed by atoms with Crippen molar-refractivity contribution in [2.24, 2.45) is 10.1 Å². The van der Waals surface area contributed by atoms with E-state index in [0.29, 0.717) is 5.95 Å². The fourth-order valence-corrected chi connectivity index (χ4v) is 3.26. The quantitative estimate of drug-likeness (QED) is 0.349. The molecule has 0 atom stereocenters. The summed E-state index contributed by atoms with van der Waals surface area (Å²) in [5.74, 6) is 0.577. The van der Waals surface area contributed by atoms with Gasteiger partial charge in [-0.15, -0.1) is 0 Å². The van der Waals surface area contributed by atoms with Crippen molar-refractivity contribution >= 4 is 18.4 Å². The summed E-state index contributed by atoms with van der Waals surface area (Å²) in [7, 11) is 0. The molecule has 4 aromatic rings. The summed E-state index contributed by atoms with van der Waals surface area (Å²) in [5, 5.41) is 4.77. The molecule has 1 aromatic heterocycles. The van der Waals surface area contributed by atoms with Gasteiger partial charge >= 0.3 is 0 Å². The van der Waals surface area contributed by atoms with Crippen LogP contribution in [0.3, 0.4) is 0 Å². The van der Waals surface area contributed by atoms with Crippen LogP contribution in [0.2, 0.25) is 0 Å². The average molecular weight is 393 g/mol. The maximum Gasteiger partial charge on any atom is 0.251 e. The lowest BCUT2D eigenvalue weighted by atomic mass is 10.1. The summed E-state index contributed by atoms with van der Waals surface area (Å²) in [6.45, 7) is 2.17. The molecular weight excluding hydrogens is 368 g/mol. The van der Waals surface area contributed by atoms with E-state index >= 15 is 0 Å². The Hall–Kier alpha value is -3.79. The molecule has 0 bridgehead atoms. The molecule has 0 saturated carbocycles. The summed E-state index contributed by atoms with van der Waals surface area (Å²) in [6, 6.07) is 30.4. The molecule has 0 aliphatic carbocycles. The standard InChI is InChI=1S/C26H24N4/c1-2-12-24-25(23-17-10-5-11-18-23)29-26(27-19-21-13-6-3-7-14-21)30(24)28-20-22-15-8-4-9-16-22/h3-11,13-20H,2,12H2,1H3. The topological polar surface area (TPSA) is 42.5 Å². The highest BCUT2D eigenvalue weighted by Gasteiger charge is 2.17. The van der Waals surface area contributed by atoms with Crippen LogP contribution in [0.1, 0.15) is 30.2 Å². The molecule has 4 rings (SSSR count). The zero-order valence-corrected chi connectivity index (χ0v) is 17.0. The molecule has 4 heteroatoms. The number of nitrogens with zero attached hydrogens (tertiary/aromatic N) is 4. The molecule has 0 radical (unpaired) electrons. The van der Waals surface area contributed by atoms with E-state index in [1.807, 2.05) is 96.0 Å². The zero-order chi connectivity index (χ0) is 20.6. The van der Waals surface area contributed by atoms with Gasteiger partial charge < -0.3 is 0 Å². The predicted octanol–water partition coefficient (Wildman–Crippen LogP) is 6.14. The van der Waals surface area contributed by atoms with E-state index in [4.69, 9.17) is 15.1 Å². The summed E-state index contributed by atoms with van der Waals surface area (Å²) in [5.41, 5.74) is 5.13. The summed E-state index contributed by atoms with van der Waals surface area (Å²) in [6.07, 6.45) is 5.55. The molecule has 0 spiro atoms. The van der Waals surface area contributed by atoms with Crippen molar-refractivity contribution < 1.29 is 0 Å². The lowest BCUT2D eigenvalue weighted by molar-refractivity contribution is 0.774. The minimum atomic E-state index is 0.577. The van der Waals surface area contributed by atoms with Gasteiger partial charge in [0.15, 0.2) is 0 Å². The Morgan fingerprint density at radius 1 is 0.767 bits per heavy atom. The SMILES string of the molecule is CCCc1c(-c2ccccc2)nc(N=Cc2ccccc2)n1N=Cc1ccccc1. The smallest absolute Gasteiger partial charge is 0.219 e. The fourth-order valence-electron chi connectivity index (χ4n) is 3.26. The van der Waals surface area contributed by atoms with Gasteiger partial charge in [0, 0.05) is 11.8 Å². The Morgan fingerprint density at radius 2 is 1.33 bits per heavy atom. The van der Waals surface area contributed by atoms with Gasteiger partial charge in [0.25, 0.3) is 5.95 Å². The normalized spacial score (nSPS) is 11.5. The first kappa shape index (κ1) is 19.5. The molecular formula is C26H24N4. The minimum absolute atomic E-state index is 0.577. The second-order valence-corrected chi connectivity index (χ2v) is 6.96. The van der Waals surface area contributed by atoms with Crippen molar-refractivity contribution in [1.82, 2.24) is 9.66 Å². The number of hydrogen-bond donors (Lipinski definition) is 0. The highest BCUT2D eigenvalue weighted by molar-refractivity contribution is 5.82. The van der Waals surface area contributed by atoms with Crippen LogP contribution in [-0.4, -0.2) is 22.1 Å². The third-order valence-electron chi connectivity index (χ3n) is 4.71. The van der Waals surface area contributed by atoms with Crippen LogP contribution in [0.25, 0.3) is 11.3 Å². The molecule has 30 heavy (non-hydrogen) atoms. The van der Waals surface area contributed by atoms with Crippen molar-refractivity contribution in [2.75, 3.05) is 0 Å². The van der Waals surface area contributed by atoms with E-state index in [0.717, 1.165) is 40.9 Å². The van der Waals surface area contributed by atoms with Crippen LogP contribution in [0.4, 0.5) is 5.95 Å². The molecule has 0 aliphatic heterocycles. The van der Waals surface area contributed by atoms with Crippen LogP contribution in [0, 0.1) is 0 Å². The van der Waals surface area contributed by atoms with Gasteiger partial charge in [-0.25, -0.2) is 14.7 Å². The van der Waals surface area contributed by atoms with Crippen LogP contribution >= 0.6 is 0 Å². The molecule has 0 aliphatic rings. The van der Waals surface area contributed by atoms with Crippen LogP contribution < -0.4 is 0 Å². The molecule has 1 heterocycles. The van der Waals surface area contributed by atoms with Crippen molar-refractivity contribution in [2.45, 2.75) is 19.8 Å². The fraction of sp³-hybridized carbons (Fsp3) is 0.115. The Balaban J connectivity index is 1.82. The van der Waals surface area contributed by atoms with E-state index in [1.54, 1.807) is 0 Å². The van der Waals surface area contributed by atoms with E-state index in [2.05, 4.69) is 19.1 Å². The van der Waals surface area contributed by atoms with E-state index in [9.17, 15) is 0 Å². The Labute approximate surface area is 177 Å². The molecule has 0 fully saturated rings. The molecule has 0 unspecified atom stereocenters. The molecule has 0 amide bonds. The number of imidazole rings is 1. The average Bonchev–Trinajstić information content (AvgIpc) is 3.16. The maximum atomic E-state index is 4.88. The summed E-state index contributed by atoms with van der Waals surface area (Å²) < 4.78 is 1.87. The number of rotatable bonds is 7. The highest BCUT2D eigenvalue weighted by atomic mass is 15.4. The monoisotopic (exact) mass is 392 g/mol. The van der Waals surface area contributed by atoms with E-state index in [1.165, 1.54) is 0 Å². The van der Waals surface area contributed by atoms with Gasteiger partial charge in [0.05, 0.1) is 17.6 Å². The van der Waals surface area contributed by atoms with Crippen molar-refractivity contribution in [1.29, 1.82) is 0 Å². The van der Waals surface area contributed by atoms with Crippen LogP contribution in [0.15, 0.2) is 101 Å². The molecule has 3 aromatic carbocycles. The largest absolute Gasteiger partial charge is 0.251 e. The lowest BCUT2D eigenvalue weighted by Gasteiger charge is -2.05. The first-order chi connectivity index (χ1) is 14.8. The maximum absolute atomic E-state index is 4.88. The molecule has 0 N–H and O–H groups in total. The second-order valence-electron chi connectivity index (χ2n) is 6.96. The van der Waals surface area contributed by atoms with E-state index < -0.39 is 0 Å². The van der Waals surface area contributed by atoms with E-state index in [-0.39, 0.29) is 0 Å². The number of aliphatic imine (C=N–C) groups is 1. The van der Waals surface area contributed by atoms with Gasteiger partial charge in [0.1, 0.15) is 0 Å². The Bertz CT molecular complexity index is 1130. The number of aromatic nitrogens is 2. The molecule has 4 nitrogen and oxygen atoms in total. The predicted molar refractivity (Wildman–Crippen MR) is 125 cm³/mol. The molecule has 0 saturated heterocycles. The Kier molecular flexibility index (Phi) is 6.25. The number of hydrogen-bond acceptors (Lipinski definition) is 3. The van der Waals surface area contributed by atoms with Gasteiger partial charge in [-0.05, 0) is 17.5 Å². The third kappa shape index (κ3) is 4.61. The van der Waals surface area contributed by atoms with Gasteiger partial charge in [-0.2, -0.15) is 5.10 Å². The number of benzene rings is 3. The first-order valence-electron chi connectivity index (χ1n) is 10.2. The molecule has 148 valence electrons. The second kappa shape index (κ2) is 9.61. The van der Waals surface area contributed by atoms with Crippen molar-refractivity contribution in [3.8, 4) is 11.3 Å². The summed E-state index contributed by atoms with van der Waals surface area (Å²) in [4.78, 5) is 9.57. The van der Waals surface area contributed by atoms with Crippen molar-refractivity contribution in [3.63, 3.8) is 0 Å². The highest BCUT2D eigenvalue weighted by Crippen LogP contribution is 2.29.